The third-order valence-corrected chi connectivity index (χ3v) is 6.58. The molecule has 2 fully saturated rings. The second-order valence-corrected chi connectivity index (χ2v) is 7.89. The Kier molecular flexibility index (Phi) is 3.54. The Bertz CT molecular complexity index is 545. The summed E-state index contributed by atoms with van der Waals surface area (Å²) in [5.41, 5.74) is 3.23. The second kappa shape index (κ2) is 5.40. The number of nitrogens with zero attached hydrogens (tertiary/aromatic N) is 1. The van der Waals surface area contributed by atoms with E-state index in [0.717, 1.165) is 39.1 Å². The van der Waals surface area contributed by atoms with E-state index in [9.17, 15) is 4.79 Å². The van der Waals surface area contributed by atoms with Crippen LogP contribution in [-0.4, -0.2) is 30.6 Å². The Morgan fingerprint density at radius 3 is 3.00 bits per heavy atom. The van der Waals surface area contributed by atoms with Crippen molar-refractivity contribution >= 4 is 17.2 Å². The van der Waals surface area contributed by atoms with Gasteiger partial charge >= 0.3 is 0 Å². The molecule has 2 saturated heterocycles. The number of rotatable bonds is 2. The van der Waals surface area contributed by atoms with Crippen molar-refractivity contribution in [3.05, 3.63) is 21.4 Å². The first-order chi connectivity index (χ1) is 10.3. The fraction of sp³-hybridized carbons (Fsp3) is 0.706. The first kappa shape index (κ1) is 13.8. The smallest absolute Gasteiger partial charge is 0.222 e. The zero-order valence-corrected chi connectivity index (χ0v) is 13.3. The molecular formula is C17H23NO2S. The van der Waals surface area contributed by atoms with Crippen molar-refractivity contribution in [1.82, 2.24) is 4.90 Å². The zero-order chi connectivity index (χ0) is 14.3. The van der Waals surface area contributed by atoms with Crippen LogP contribution < -0.4 is 0 Å². The van der Waals surface area contributed by atoms with Crippen LogP contribution in [0.2, 0.25) is 0 Å². The minimum Gasteiger partial charge on any atom is -0.381 e. The fourth-order valence-electron chi connectivity index (χ4n) is 4.12. The van der Waals surface area contributed by atoms with Crippen LogP contribution in [0.3, 0.4) is 0 Å². The third-order valence-electron chi connectivity index (χ3n) is 5.44. The molecule has 4 rings (SSSR count). The van der Waals surface area contributed by atoms with Crippen molar-refractivity contribution in [2.45, 2.75) is 51.5 Å². The maximum absolute atomic E-state index is 12.3. The molecule has 2 aliphatic heterocycles. The number of fused-ring (bicyclic) bond motifs is 1. The summed E-state index contributed by atoms with van der Waals surface area (Å²) in [5.74, 6) is 0.336. The summed E-state index contributed by atoms with van der Waals surface area (Å²) in [7, 11) is 0. The minimum absolute atomic E-state index is 0.254. The van der Waals surface area contributed by atoms with Gasteiger partial charge in [-0.1, -0.05) is 0 Å². The minimum atomic E-state index is 0.254. The Balaban J connectivity index is 1.52. The van der Waals surface area contributed by atoms with E-state index in [0.29, 0.717) is 12.3 Å². The molecule has 0 N–H and O–H groups in total. The lowest BCUT2D eigenvalue weighted by molar-refractivity contribution is -0.138. The molecule has 1 amide bonds. The maximum Gasteiger partial charge on any atom is 0.222 e. The van der Waals surface area contributed by atoms with Gasteiger partial charge in [0.1, 0.15) is 0 Å². The van der Waals surface area contributed by atoms with Crippen molar-refractivity contribution in [3.8, 4) is 0 Å². The van der Waals surface area contributed by atoms with Gasteiger partial charge in [0, 0.05) is 36.4 Å². The van der Waals surface area contributed by atoms with Gasteiger partial charge < -0.3 is 9.64 Å². The van der Waals surface area contributed by atoms with Crippen molar-refractivity contribution in [1.29, 1.82) is 0 Å². The number of ether oxygens (including phenoxy) is 1. The molecule has 1 atom stereocenters. The number of piperidine rings is 1. The summed E-state index contributed by atoms with van der Waals surface area (Å²) < 4.78 is 5.61. The van der Waals surface area contributed by atoms with Crippen LogP contribution in [0.15, 0.2) is 5.38 Å². The van der Waals surface area contributed by atoms with Crippen LogP contribution in [-0.2, 0) is 28.9 Å². The number of carbonyl (C=O) groups excluding carboxylic acids is 1. The van der Waals surface area contributed by atoms with E-state index in [1.165, 1.54) is 31.2 Å². The number of hydrogen-bond acceptors (Lipinski definition) is 3. The predicted octanol–water partition coefficient (Wildman–Crippen LogP) is 3.16. The van der Waals surface area contributed by atoms with E-state index in [1.807, 2.05) is 11.3 Å². The zero-order valence-electron chi connectivity index (χ0n) is 12.5. The van der Waals surface area contributed by atoms with Gasteiger partial charge in [-0.3, -0.25) is 4.79 Å². The van der Waals surface area contributed by atoms with Gasteiger partial charge in [-0.25, -0.2) is 0 Å². The van der Waals surface area contributed by atoms with Gasteiger partial charge in [-0.15, -0.1) is 11.3 Å². The molecule has 114 valence electrons. The highest BCUT2D eigenvalue weighted by Gasteiger charge is 2.41. The molecule has 0 saturated carbocycles. The average Bonchev–Trinajstić information content (AvgIpc) is 3.12. The highest BCUT2D eigenvalue weighted by Crippen LogP contribution is 2.39. The number of likely N-dealkylation sites (tertiary alicyclic amines) is 1. The number of carbonyl (C=O) groups is 1. The molecule has 1 aromatic rings. The summed E-state index contributed by atoms with van der Waals surface area (Å²) >= 11 is 1.90. The molecule has 0 aromatic carbocycles. The standard InChI is InChI=1S/C17H23NO2S/c19-16-5-6-17(7-8-20-12-17)11-18(16)9-13-10-21-15-4-2-1-3-14(13)15/h10H,1-9,11-12H2/t17-/m1/s1. The van der Waals surface area contributed by atoms with Crippen molar-refractivity contribution in [2.24, 2.45) is 5.41 Å². The normalized spacial score (nSPS) is 29.1. The molecule has 0 bridgehead atoms. The van der Waals surface area contributed by atoms with Crippen LogP contribution in [0.1, 0.15) is 48.1 Å². The first-order valence-electron chi connectivity index (χ1n) is 8.19. The molecule has 3 heterocycles. The molecule has 4 heteroatoms. The molecule has 3 nitrogen and oxygen atoms in total. The topological polar surface area (TPSA) is 29.5 Å². The van der Waals surface area contributed by atoms with Crippen molar-refractivity contribution < 1.29 is 9.53 Å². The summed E-state index contributed by atoms with van der Waals surface area (Å²) in [4.78, 5) is 16.0. The van der Waals surface area contributed by atoms with E-state index in [2.05, 4.69) is 10.3 Å². The Labute approximate surface area is 130 Å². The lowest BCUT2D eigenvalue weighted by Gasteiger charge is -2.39. The van der Waals surface area contributed by atoms with Gasteiger partial charge in [0.25, 0.3) is 0 Å². The third kappa shape index (κ3) is 2.53. The first-order valence-corrected chi connectivity index (χ1v) is 9.07. The largest absolute Gasteiger partial charge is 0.381 e. The van der Waals surface area contributed by atoms with Crippen LogP contribution in [0, 0.1) is 5.41 Å². The van der Waals surface area contributed by atoms with Gasteiger partial charge in [0.15, 0.2) is 0 Å². The van der Waals surface area contributed by atoms with Crippen LogP contribution in [0.5, 0.6) is 0 Å². The Morgan fingerprint density at radius 2 is 2.14 bits per heavy atom. The predicted molar refractivity (Wildman–Crippen MR) is 83.5 cm³/mol. The lowest BCUT2D eigenvalue weighted by atomic mass is 9.79. The number of thiophene rings is 1. The number of hydrogen-bond donors (Lipinski definition) is 0. The van der Waals surface area contributed by atoms with Crippen LogP contribution in [0.4, 0.5) is 0 Å². The molecule has 0 radical (unpaired) electrons. The number of amides is 1. The Hall–Kier alpha value is -0.870. The van der Waals surface area contributed by atoms with E-state index >= 15 is 0 Å². The lowest BCUT2D eigenvalue weighted by Crippen LogP contribution is -2.46. The highest BCUT2D eigenvalue weighted by atomic mass is 32.1. The summed E-state index contributed by atoms with van der Waals surface area (Å²) in [6.45, 7) is 3.44. The average molecular weight is 305 g/mol. The highest BCUT2D eigenvalue weighted by molar-refractivity contribution is 7.10. The van der Waals surface area contributed by atoms with Crippen LogP contribution in [0.25, 0.3) is 0 Å². The summed E-state index contributed by atoms with van der Waals surface area (Å²) in [5, 5.41) is 2.30. The molecule has 1 spiro atoms. The molecule has 0 unspecified atom stereocenters. The van der Waals surface area contributed by atoms with E-state index in [1.54, 1.807) is 10.4 Å². The monoisotopic (exact) mass is 305 g/mol. The maximum atomic E-state index is 12.3. The molecule has 1 aliphatic carbocycles. The fourth-order valence-corrected chi connectivity index (χ4v) is 5.26. The van der Waals surface area contributed by atoms with E-state index < -0.39 is 0 Å². The Morgan fingerprint density at radius 1 is 1.24 bits per heavy atom. The molecular weight excluding hydrogens is 282 g/mol. The van der Waals surface area contributed by atoms with Crippen molar-refractivity contribution in [3.63, 3.8) is 0 Å². The number of aryl methyl sites for hydroxylation is 1. The van der Waals surface area contributed by atoms with Gasteiger partial charge in [-0.2, -0.15) is 0 Å². The summed E-state index contributed by atoms with van der Waals surface area (Å²) in [6, 6.07) is 0. The van der Waals surface area contributed by atoms with E-state index in [-0.39, 0.29) is 5.41 Å². The second-order valence-electron chi connectivity index (χ2n) is 6.92. The van der Waals surface area contributed by atoms with Gasteiger partial charge in [-0.05, 0) is 55.0 Å². The molecule has 21 heavy (non-hydrogen) atoms. The molecule has 1 aromatic heterocycles. The van der Waals surface area contributed by atoms with Gasteiger partial charge in [0.05, 0.1) is 6.61 Å². The van der Waals surface area contributed by atoms with Gasteiger partial charge in [0.2, 0.25) is 5.91 Å². The SMILES string of the molecule is O=C1CC[C@@]2(CCOC2)CN1Cc1csc2c1CCCC2. The van der Waals surface area contributed by atoms with Crippen molar-refractivity contribution in [2.75, 3.05) is 19.8 Å². The quantitative estimate of drug-likeness (QED) is 0.840. The van der Waals surface area contributed by atoms with Crippen LogP contribution >= 0.6 is 11.3 Å². The summed E-state index contributed by atoms with van der Waals surface area (Å²) in [6.07, 6.45) is 7.94. The van der Waals surface area contributed by atoms with E-state index in [4.69, 9.17) is 4.74 Å². The molecule has 3 aliphatic rings.